The largest absolute Gasteiger partial charge is 0.807 e. The Kier molecular flexibility index (Phi) is 12.1. The summed E-state index contributed by atoms with van der Waals surface area (Å²) in [6.45, 7) is 4.04. The van der Waals surface area contributed by atoms with Crippen molar-refractivity contribution in [2.75, 3.05) is 0 Å². The maximum Gasteiger partial charge on any atom is 0.807 e. The lowest BCUT2D eigenvalue weighted by molar-refractivity contribution is 0.339. The summed E-state index contributed by atoms with van der Waals surface area (Å²) in [5.41, 5.74) is 0. The van der Waals surface area contributed by atoms with E-state index in [1.54, 1.807) is 0 Å². The molecule has 0 aromatic heterocycles. The van der Waals surface area contributed by atoms with Crippen molar-refractivity contribution in [3.8, 4) is 0 Å². The van der Waals surface area contributed by atoms with Crippen molar-refractivity contribution in [1.82, 2.24) is 0 Å². The average molecular weight is 383 g/mol. The fraction of sp³-hybridized carbons (Fsp3) is 0.667. The normalized spacial score (nSPS) is 13.5. The van der Waals surface area contributed by atoms with Crippen LogP contribution < -0.4 is 0 Å². The highest BCUT2D eigenvalue weighted by atomic mass is 35.5. The summed E-state index contributed by atoms with van der Waals surface area (Å²) in [5, 5.41) is 0.320. The quantitative estimate of drug-likeness (QED) is 0.292. The van der Waals surface area contributed by atoms with Crippen molar-refractivity contribution >= 4 is 54.7 Å². The van der Waals surface area contributed by atoms with E-state index in [0.717, 1.165) is 25.7 Å². The molecule has 0 heterocycles. The Labute approximate surface area is 141 Å². The van der Waals surface area contributed by atoms with E-state index in [-0.39, 0.29) is 10.4 Å². The SMILES string of the molecule is CCCC/C(Cl)=C(/Cl)O[P+](=O)O/C(Cl)=C(/Cl)CCCC. The van der Waals surface area contributed by atoms with Gasteiger partial charge in [0, 0.05) is 4.57 Å². The van der Waals surface area contributed by atoms with Crippen LogP contribution in [0.25, 0.3) is 0 Å². The molecule has 0 spiro atoms. The predicted molar refractivity (Wildman–Crippen MR) is 86.3 cm³/mol. The summed E-state index contributed by atoms with van der Waals surface area (Å²) in [6, 6.07) is 0. The van der Waals surface area contributed by atoms with Gasteiger partial charge in [-0.05, 0) is 48.9 Å². The van der Waals surface area contributed by atoms with Gasteiger partial charge in [-0.15, -0.1) is 0 Å². The van der Waals surface area contributed by atoms with Gasteiger partial charge >= 0.3 is 8.25 Å². The van der Waals surface area contributed by atoms with Crippen LogP contribution in [-0.4, -0.2) is 0 Å². The van der Waals surface area contributed by atoms with Gasteiger partial charge in [0.25, 0.3) is 10.4 Å². The second kappa shape index (κ2) is 11.9. The number of unbranched alkanes of at least 4 members (excludes halogenated alkanes) is 2. The van der Waals surface area contributed by atoms with Gasteiger partial charge in [-0.3, -0.25) is 0 Å². The van der Waals surface area contributed by atoms with Crippen LogP contribution >= 0.6 is 54.7 Å². The van der Waals surface area contributed by atoms with Crippen molar-refractivity contribution < 1.29 is 13.6 Å². The Morgan fingerprint density at radius 1 is 0.850 bits per heavy atom. The summed E-state index contributed by atoms with van der Waals surface area (Å²) in [4.78, 5) is 0. The van der Waals surface area contributed by atoms with Gasteiger partial charge in [-0.2, -0.15) is 0 Å². The van der Waals surface area contributed by atoms with Gasteiger partial charge in [0.15, 0.2) is 0 Å². The number of rotatable bonds is 10. The van der Waals surface area contributed by atoms with E-state index >= 15 is 0 Å². The first-order chi connectivity index (χ1) is 9.42. The molecule has 0 aromatic carbocycles. The Balaban J connectivity index is 4.41. The molecular formula is C12H18Cl4O3P+. The zero-order valence-corrected chi connectivity index (χ0v) is 15.3. The molecule has 3 nitrogen and oxygen atoms in total. The van der Waals surface area contributed by atoms with Gasteiger partial charge in [0.05, 0.1) is 10.1 Å². The molecule has 0 fully saturated rings. The van der Waals surface area contributed by atoms with Gasteiger partial charge in [0.1, 0.15) is 0 Å². The van der Waals surface area contributed by atoms with Crippen LogP contribution in [0.4, 0.5) is 0 Å². The Morgan fingerprint density at radius 2 is 1.20 bits per heavy atom. The lowest BCUT2D eigenvalue weighted by Crippen LogP contribution is -1.86. The minimum atomic E-state index is -2.55. The topological polar surface area (TPSA) is 35.5 Å². The molecule has 0 aliphatic carbocycles. The van der Waals surface area contributed by atoms with E-state index in [0.29, 0.717) is 22.9 Å². The number of halogens is 4. The zero-order valence-electron chi connectivity index (χ0n) is 11.4. The van der Waals surface area contributed by atoms with Crippen molar-refractivity contribution in [1.29, 1.82) is 0 Å². The van der Waals surface area contributed by atoms with Crippen molar-refractivity contribution in [2.45, 2.75) is 52.4 Å². The average Bonchev–Trinajstić information content (AvgIpc) is 2.41. The third-order valence-electron chi connectivity index (χ3n) is 2.24. The summed E-state index contributed by atoms with van der Waals surface area (Å²) in [7, 11) is -2.55. The van der Waals surface area contributed by atoms with Gasteiger partial charge in [-0.25, -0.2) is 9.05 Å². The number of allylic oxidation sites excluding steroid dienone is 2. The minimum Gasteiger partial charge on any atom is -0.208 e. The molecule has 0 aromatic rings. The molecule has 0 amide bonds. The summed E-state index contributed by atoms with van der Waals surface area (Å²) in [6.07, 6.45) is 4.76. The maximum absolute atomic E-state index is 11.6. The molecule has 20 heavy (non-hydrogen) atoms. The monoisotopic (exact) mass is 381 g/mol. The number of hydrogen-bond donors (Lipinski definition) is 0. The molecule has 0 saturated heterocycles. The van der Waals surface area contributed by atoms with E-state index in [1.807, 2.05) is 13.8 Å². The van der Waals surface area contributed by atoms with Gasteiger partial charge < -0.3 is 0 Å². The molecule has 8 heteroatoms. The van der Waals surface area contributed by atoms with Crippen LogP contribution in [0.2, 0.25) is 0 Å². The highest BCUT2D eigenvalue weighted by Gasteiger charge is 2.28. The Morgan fingerprint density at radius 3 is 1.50 bits per heavy atom. The molecule has 0 aliphatic rings. The molecule has 0 atom stereocenters. The highest BCUT2D eigenvalue weighted by Crippen LogP contribution is 2.38. The van der Waals surface area contributed by atoms with Crippen LogP contribution in [0, 0.1) is 0 Å². The van der Waals surface area contributed by atoms with Crippen molar-refractivity contribution in [2.24, 2.45) is 0 Å². The lowest BCUT2D eigenvalue weighted by atomic mass is 10.2. The van der Waals surface area contributed by atoms with Crippen LogP contribution in [0.3, 0.4) is 0 Å². The zero-order chi connectivity index (χ0) is 15.5. The standard InChI is InChI=1S/C12H18Cl4O3P/c1-3-5-7-9(13)11(15)18-20(17)19-12(16)10(14)8-6-4-2/h3-8H2,1-2H3/q+1/b11-9+,12-10+. The van der Waals surface area contributed by atoms with Crippen molar-refractivity contribution in [3.05, 3.63) is 20.5 Å². The summed E-state index contributed by atoms with van der Waals surface area (Å²) >= 11 is 23.3. The lowest BCUT2D eigenvalue weighted by Gasteiger charge is -1.99. The van der Waals surface area contributed by atoms with Crippen molar-refractivity contribution in [3.63, 3.8) is 0 Å². The maximum atomic E-state index is 11.6. The molecule has 116 valence electrons. The van der Waals surface area contributed by atoms with E-state index in [1.165, 1.54) is 0 Å². The van der Waals surface area contributed by atoms with Gasteiger partial charge in [0.2, 0.25) is 0 Å². The summed E-state index contributed by atoms with van der Waals surface area (Å²) in [5.74, 6) is 0. The minimum absolute atomic E-state index is 0.143. The van der Waals surface area contributed by atoms with Crippen LogP contribution in [0.15, 0.2) is 20.5 Å². The molecule has 0 saturated carbocycles. The smallest absolute Gasteiger partial charge is 0.208 e. The molecule has 0 unspecified atom stereocenters. The first kappa shape index (κ1) is 20.3. The van der Waals surface area contributed by atoms with E-state index < -0.39 is 8.25 Å². The molecule has 0 aliphatic heterocycles. The molecular weight excluding hydrogens is 365 g/mol. The van der Waals surface area contributed by atoms with Crippen LogP contribution in [-0.2, 0) is 13.6 Å². The first-order valence-corrected chi connectivity index (χ1v) is 8.94. The predicted octanol–water partition coefficient (Wildman–Crippen LogP) is 7.35. The Bertz CT molecular complexity index is 349. The third-order valence-corrected chi connectivity index (χ3v) is 4.64. The second-order valence-electron chi connectivity index (χ2n) is 3.97. The molecule has 0 bridgehead atoms. The molecule has 0 radical (unpaired) electrons. The fourth-order valence-electron chi connectivity index (χ4n) is 1.11. The highest BCUT2D eigenvalue weighted by molar-refractivity contribution is 7.33. The van der Waals surface area contributed by atoms with E-state index in [9.17, 15) is 4.57 Å². The van der Waals surface area contributed by atoms with E-state index in [2.05, 4.69) is 0 Å². The summed E-state index contributed by atoms with van der Waals surface area (Å²) < 4.78 is 21.3. The first-order valence-electron chi connectivity index (χ1n) is 6.33. The molecule has 0 N–H and O–H groups in total. The second-order valence-corrected chi connectivity index (χ2v) is 6.38. The third kappa shape index (κ3) is 9.31. The van der Waals surface area contributed by atoms with Crippen LogP contribution in [0.1, 0.15) is 52.4 Å². The van der Waals surface area contributed by atoms with Gasteiger partial charge in [-0.1, -0.05) is 49.9 Å². The number of hydrogen-bond acceptors (Lipinski definition) is 3. The fourth-order valence-corrected chi connectivity index (χ4v) is 2.61. The van der Waals surface area contributed by atoms with E-state index in [4.69, 9.17) is 55.5 Å². The molecule has 0 rings (SSSR count). The van der Waals surface area contributed by atoms with Crippen LogP contribution in [0.5, 0.6) is 0 Å². The Hall–Kier alpha value is 0.340.